The quantitative estimate of drug-likeness (QED) is 0.773. The summed E-state index contributed by atoms with van der Waals surface area (Å²) in [6.45, 7) is 8.91. The summed E-state index contributed by atoms with van der Waals surface area (Å²) in [5.74, 6) is -0.153. The molecule has 0 fully saturated rings. The molecule has 0 heterocycles. The molecule has 2 rings (SSSR count). The fourth-order valence-electron chi connectivity index (χ4n) is 2.85. The number of benzene rings is 2. The van der Waals surface area contributed by atoms with Crippen molar-refractivity contribution in [3.63, 3.8) is 0 Å². The van der Waals surface area contributed by atoms with Crippen molar-refractivity contribution in [3.8, 4) is 0 Å². The number of hydrogen-bond donors (Lipinski definition) is 1. The van der Waals surface area contributed by atoms with Crippen molar-refractivity contribution in [1.82, 2.24) is 10.2 Å². The van der Waals surface area contributed by atoms with E-state index < -0.39 is 6.04 Å². The van der Waals surface area contributed by atoms with Crippen molar-refractivity contribution >= 4 is 11.8 Å². The molecule has 0 aliphatic carbocycles. The summed E-state index contributed by atoms with van der Waals surface area (Å²) in [6, 6.07) is 15.5. The summed E-state index contributed by atoms with van der Waals surface area (Å²) in [5.41, 5.74) is 4.31. The molecule has 0 radical (unpaired) electrons. The van der Waals surface area contributed by atoms with Crippen LogP contribution in [0.25, 0.3) is 0 Å². The van der Waals surface area contributed by atoms with Gasteiger partial charge in [0.15, 0.2) is 0 Å². The Kier molecular flexibility index (Phi) is 7.59. The van der Waals surface area contributed by atoms with Crippen molar-refractivity contribution in [2.75, 3.05) is 6.54 Å². The van der Waals surface area contributed by atoms with Gasteiger partial charge in [0, 0.05) is 13.1 Å². The van der Waals surface area contributed by atoms with Crippen molar-refractivity contribution < 1.29 is 9.59 Å². The zero-order valence-corrected chi connectivity index (χ0v) is 16.8. The lowest BCUT2D eigenvalue weighted by molar-refractivity contribution is -0.140. The Hall–Kier alpha value is -2.62. The average Bonchev–Trinajstić information content (AvgIpc) is 2.66. The summed E-state index contributed by atoms with van der Waals surface area (Å²) in [6.07, 6.45) is 1.16. The molecule has 0 aliphatic rings. The second kappa shape index (κ2) is 9.91. The molecule has 1 N–H and O–H groups in total. The van der Waals surface area contributed by atoms with Crippen LogP contribution >= 0.6 is 0 Å². The van der Waals surface area contributed by atoms with E-state index in [2.05, 4.69) is 5.32 Å². The van der Waals surface area contributed by atoms with Crippen molar-refractivity contribution in [2.24, 2.45) is 0 Å². The highest BCUT2D eigenvalue weighted by molar-refractivity contribution is 5.88. The van der Waals surface area contributed by atoms with Gasteiger partial charge in [0.05, 0.1) is 6.42 Å². The van der Waals surface area contributed by atoms with Crippen LogP contribution in [0.4, 0.5) is 0 Å². The van der Waals surface area contributed by atoms with E-state index in [1.165, 1.54) is 5.56 Å². The second-order valence-corrected chi connectivity index (χ2v) is 7.14. The lowest BCUT2D eigenvalue weighted by Crippen LogP contribution is -2.48. The maximum Gasteiger partial charge on any atom is 0.242 e. The Bertz CT molecular complexity index is 751. The fourth-order valence-corrected chi connectivity index (χ4v) is 2.85. The molecule has 0 aromatic heterocycles. The van der Waals surface area contributed by atoms with Crippen LogP contribution in [0.15, 0.2) is 48.5 Å². The average molecular weight is 367 g/mol. The number of aryl methyl sites for hydroxylation is 2. The van der Waals surface area contributed by atoms with E-state index in [4.69, 9.17) is 0 Å². The first-order chi connectivity index (χ1) is 12.9. The minimum Gasteiger partial charge on any atom is -0.354 e. The zero-order chi connectivity index (χ0) is 19.8. The Labute approximate surface area is 162 Å². The molecule has 2 aromatic carbocycles. The molecular formula is C23H30N2O2. The molecule has 4 nitrogen and oxygen atoms in total. The Morgan fingerprint density at radius 3 is 1.96 bits per heavy atom. The summed E-state index contributed by atoms with van der Waals surface area (Å²) < 4.78 is 0. The van der Waals surface area contributed by atoms with Gasteiger partial charge in [-0.1, -0.05) is 66.6 Å². The molecule has 0 saturated heterocycles. The van der Waals surface area contributed by atoms with Crippen LogP contribution in [0.1, 0.15) is 42.5 Å². The lowest BCUT2D eigenvalue weighted by atomic mass is 10.1. The third kappa shape index (κ3) is 6.24. The number of nitrogens with one attached hydrogen (secondary N) is 1. The summed E-state index contributed by atoms with van der Waals surface area (Å²) >= 11 is 0. The minimum absolute atomic E-state index is 0.0430. The second-order valence-electron chi connectivity index (χ2n) is 7.14. The highest BCUT2D eigenvalue weighted by Crippen LogP contribution is 2.14. The van der Waals surface area contributed by atoms with E-state index in [0.29, 0.717) is 13.1 Å². The lowest BCUT2D eigenvalue weighted by Gasteiger charge is -2.29. The van der Waals surface area contributed by atoms with Gasteiger partial charge in [-0.2, -0.15) is 0 Å². The fraction of sp³-hybridized carbons (Fsp3) is 0.391. The number of amides is 2. The first-order valence-corrected chi connectivity index (χ1v) is 9.59. The standard InChI is InChI=1S/C23H30N2O2/c1-5-14-24-23(27)19(4)25(16-21-12-8-18(3)9-13-21)22(26)15-20-10-6-17(2)7-11-20/h6-13,19H,5,14-16H2,1-4H3,(H,24,27). The number of carbonyl (C=O) groups excluding carboxylic acids is 2. The maximum absolute atomic E-state index is 13.0. The molecule has 2 aromatic rings. The molecule has 1 atom stereocenters. The molecule has 0 bridgehead atoms. The number of hydrogen-bond acceptors (Lipinski definition) is 2. The van der Waals surface area contributed by atoms with E-state index in [-0.39, 0.29) is 18.2 Å². The Morgan fingerprint density at radius 2 is 1.44 bits per heavy atom. The van der Waals surface area contributed by atoms with Crippen molar-refractivity contribution in [3.05, 3.63) is 70.8 Å². The summed E-state index contributed by atoms with van der Waals surface area (Å²) in [4.78, 5) is 27.2. The third-order valence-corrected chi connectivity index (χ3v) is 4.67. The molecule has 0 spiro atoms. The van der Waals surface area contributed by atoms with E-state index in [1.54, 1.807) is 11.8 Å². The van der Waals surface area contributed by atoms with Gasteiger partial charge in [-0.25, -0.2) is 0 Å². The Morgan fingerprint density at radius 1 is 0.926 bits per heavy atom. The zero-order valence-electron chi connectivity index (χ0n) is 16.8. The van der Waals surface area contributed by atoms with Crippen LogP contribution in [0.5, 0.6) is 0 Å². The van der Waals surface area contributed by atoms with Crippen molar-refractivity contribution in [1.29, 1.82) is 0 Å². The number of nitrogens with zero attached hydrogens (tertiary/aromatic N) is 1. The molecule has 0 aliphatic heterocycles. The molecular weight excluding hydrogens is 336 g/mol. The minimum atomic E-state index is -0.518. The number of carbonyl (C=O) groups is 2. The van der Waals surface area contributed by atoms with Crippen LogP contribution in [0.2, 0.25) is 0 Å². The van der Waals surface area contributed by atoms with E-state index in [1.807, 2.05) is 69.3 Å². The third-order valence-electron chi connectivity index (χ3n) is 4.67. The van der Waals surface area contributed by atoms with E-state index >= 15 is 0 Å². The molecule has 4 heteroatoms. The molecule has 1 unspecified atom stereocenters. The topological polar surface area (TPSA) is 49.4 Å². The van der Waals surface area contributed by atoms with Gasteiger partial charge in [-0.3, -0.25) is 9.59 Å². The van der Waals surface area contributed by atoms with Gasteiger partial charge in [-0.15, -0.1) is 0 Å². The molecule has 27 heavy (non-hydrogen) atoms. The molecule has 144 valence electrons. The van der Waals surface area contributed by atoms with Crippen LogP contribution in [-0.4, -0.2) is 29.3 Å². The van der Waals surface area contributed by atoms with E-state index in [0.717, 1.165) is 23.1 Å². The number of rotatable bonds is 8. The van der Waals surface area contributed by atoms with Gasteiger partial charge >= 0.3 is 0 Å². The van der Waals surface area contributed by atoms with Crippen LogP contribution in [0.3, 0.4) is 0 Å². The summed E-state index contributed by atoms with van der Waals surface area (Å²) in [7, 11) is 0. The van der Waals surface area contributed by atoms with Gasteiger partial charge in [0.1, 0.15) is 6.04 Å². The first kappa shape index (κ1) is 20.7. The smallest absolute Gasteiger partial charge is 0.242 e. The van der Waals surface area contributed by atoms with E-state index in [9.17, 15) is 9.59 Å². The van der Waals surface area contributed by atoms with Gasteiger partial charge in [0.25, 0.3) is 0 Å². The highest BCUT2D eigenvalue weighted by Gasteiger charge is 2.25. The van der Waals surface area contributed by atoms with Crippen LogP contribution in [-0.2, 0) is 22.6 Å². The molecule has 0 saturated carbocycles. The van der Waals surface area contributed by atoms with Gasteiger partial charge < -0.3 is 10.2 Å². The largest absolute Gasteiger partial charge is 0.354 e. The normalized spacial score (nSPS) is 11.7. The van der Waals surface area contributed by atoms with Crippen LogP contribution < -0.4 is 5.32 Å². The van der Waals surface area contributed by atoms with Gasteiger partial charge in [0.2, 0.25) is 11.8 Å². The highest BCUT2D eigenvalue weighted by atomic mass is 16.2. The molecule has 2 amide bonds. The Balaban J connectivity index is 2.18. The van der Waals surface area contributed by atoms with Crippen LogP contribution in [0, 0.1) is 13.8 Å². The predicted octanol–water partition coefficient (Wildman–Crippen LogP) is 3.79. The predicted molar refractivity (Wildman–Crippen MR) is 109 cm³/mol. The van der Waals surface area contributed by atoms with Gasteiger partial charge in [-0.05, 0) is 38.3 Å². The van der Waals surface area contributed by atoms with Crippen molar-refractivity contribution in [2.45, 2.75) is 53.1 Å². The summed E-state index contributed by atoms with van der Waals surface area (Å²) in [5, 5.41) is 2.90. The monoisotopic (exact) mass is 366 g/mol. The maximum atomic E-state index is 13.0. The SMILES string of the molecule is CCCNC(=O)C(C)N(Cc1ccc(C)cc1)C(=O)Cc1ccc(C)cc1. The first-order valence-electron chi connectivity index (χ1n) is 9.59.